The summed E-state index contributed by atoms with van der Waals surface area (Å²) in [4.78, 5) is 23.5. The molecule has 106 valence electrons. The quantitative estimate of drug-likeness (QED) is 0.566. The summed E-state index contributed by atoms with van der Waals surface area (Å²) in [5, 5.41) is 20.3. The number of aliphatic hydroxyl groups excluding tert-OH is 1. The molecule has 0 aliphatic heterocycles. The maximum Gasteiger partial charge on any atom is 0.317 e. The monoisotopic (exact) mass is 260 g/mol. The lowest BCUT2D eigenvalue weighted by molar-refractivity contribution is -0.137. The molecular weight excluding hydrogens is 236 g/mol. The Kier molecular flexibility index (Phi) is 8.11. The second-order valence-corrected chi connectivity index (χ2v) is 4.81. The van der Waals surface area contributed by atoms with Crippen LogP contribution in [0.3, 0.4) is 0 Å². The third-order valence-electron chi connectivity index (χ3n) is 2.67. The highest BCUT2D eigenvalue weighted by Gasteiger charge is 2.19. The normalized spacial score (nSPS) is 12.3. The molecule has 1 atom stereocenters. The fourth-order valence-corrected chi connectivity index (χ4v) is 1.62. The number of carboxylic acids is 1. The van der Waals surface area contributed by atoms with Crippen LogP contribution in [0, 0.1) is 5.92 Å². The third-order valence-corrected chi connectivity index (χ3v) is 2.67. The number of aliphatic hydroxyl groups is 1. The van der Waals surface area contributed by atoms with Crippen LogP contribution in [0.4, 0.5) is 4.79 Å². The number of rotatable bonds is 8. The Hall–Kier alpha value is -1.30. The average molecular weight is 260 g/mol. The van der Waals surface area contributed by atoms with Crippen LogP contribution >= 0.6 is 0 Å². The van der Waals surface area contributed by atoms with Crippen LogP contribution in [0.15, 0.2) is 0 Å². The van der Waals surface area contributed by atoms with Gasteiger partial charge >= 0.3 is 12.0 Å². The van der Waals surface area contributed by atoms with Gasteiger partial charge in [0.05, 0.1) is 12.6 Å². The molecule has 0 aromatic rings. The molecule has 0 saturated heterocycles. The Morgan fingerprint density at radius 2 is 1.94 bits per heavy atom. The van der Waals surface area contributed by atoms with Gasteiger partial charge in [0.25, 0.3) is 0 Å². The maximum absolute atomic E-state index is 11.7. The van der Waals surface area contributed by atoms with E-state index in [0.717, 1.165) is 6.42 Å². The van der Waals surface area contributed by atoms with E-state index in [0.29, 0.717) is 18.9 Å². The molecule has 3 N–H and O–H groups in total. The summed E-state index contributed by atoms with van der Waals surface area (Å²) in [6.45, 7) is 4.31. The highest BCUT2D eigenvalue weighted by Crippen LogP contribution is 2.09. The first kappa shape index (κ1) is 16.7. The molecule has 6 heteroatoms. The highest BCUT2D eigenvalue weighted by atomic mass is 16.4. The summed E-state index contributed by atoms with van der Waals surface area (Å²) in [6.07, 6.45) is 1.18. The van der Waals surface area contributed by atoms with E-state index in [-0.39, 0.29) is 25.1 Å². The zero-order valence-electron chi connectivity index (χ0n) is 11.3. The van der Waals surface area contributed by atoms with Gasteiger partial charge in [0.1, 0.15) is 0 Å². The van der Waals surface area contributed by atoms with Gasteiger partial charge in [-0.25, -0.2) is 4.79 Å². The molecule has 18 heavy (non-hydrogen) atoms. The molecule has 0 rings (SSSR count). The number of aliphatic carboxylic acids is 1. The molecule has 0 fully saturated rings. The standard InChI is InChI=1S/C12H24N2O4/c1-9(2)7-10(8-15)14(3)12(18)13-6-4-5-11(16)17/h9-10,15H,4-8H2,1-3H3,(H,13,18)(H,16,17). The van der Waals surface area contributed by atoms with Gasteiger partial charge in [0, 0.05) is 20.0 Å². The first-order valence-corrected chi connectivity index (χ1v) is 6.21. The number of carbonyl (C=O) groups excluding carboxylic acids is 1. The van der Waals surface area contributed by atoms with Gasteiger partial charge in [0.2, 0.25) is 0 Å². The number of amides is 2. The van der Waals surface area contributed by atoms with E-state index in [9.17, 15) is 14.7 Å². The summed E-state index contributed by atoms with van der Waals surface area (Å²) >= 11 is 0. The zero-order valence-corrected chi connectivity index (χ0v) is 11.3. The van der Waals surface area contributed by atoms with Crippen molar-refractivity contribution in [1.29, 1.82) is 0 Å². The number of hydrogen-bond acceptors (Lipinski definition) is 3. The van der Waals surface area contributed by atoms with Gasteiger partial charge in [-0.1, -0.05) is 13.8 Å². The molecule has 6 nitrogen and oxygen atoms in total. The number of carboxylic acid groups (broad SMARTS) is 1. The smallest absolute Gasteiger partial charge is 0.317 e. The molecule has 0 bridgehead atoms. The minimum Gasteiger partial charge on any atom is -0.481 e. The Morgan fingerprint density at radius 1 is 1.33 bits per heavy atom. The first-order chi connectivity index (χ1) is 8.38. The van der Waals surface area contributed by atoms with E-state index in [2.05, 4.69) is 5.32 Å². The van der Waals surface area contributed by atoms with Crippen molar-refractivity contribution in [3.05, 3.63) is 0 Å². The largest absolute Gasteiger partial charge is 0.481 e. The van der Waals surface area contributed by atoms with Crippen LogP contribution in [0.25, 0.3) is 0 Å². The lowest BCUT2D eigenvalue weighted by atomic mass is 10.0. The van der Waals surface area contributed by atoms with E-state index in [1.807, 2.05) is 13.8 Å². The molecule has 0 aliphatic carbocycles. The number of hydrogen-bond donors (Lipinski definition) is 3. The second kappa shape index (κ2) is 8.74. The van der Waals surface area contributed by atoms with Gasteiger partial charge < -0.3 is 20.4 Å². The Balaban J connectivity index is 4.02. The Bertz CT molecular complexity index is 269. The van der Waals surface area contributed by atoms with Crippen LogP contribution in [0.5, 0.6) is 0 Å². The van der Waals surface area contributed by atoms with Gasteiger partial charge in [-0.2, -0.15) is 0 Å². The van der Waals surface area contributed by atoms with Crippen LogP contribution < -0.4 is 5.32 Å². The lowest BCUT2D eigenvalue weighted by Crippen LogP contribution is -2.46. The SMILES string of the molecule is CC(C)CC(CO)N(C)C(=O)NCCCC(=O)O. The van der Waals surface area contributed by atoms with Crippen LogP contribution in [-0.4, -0.2) is 53.4 Å². The lowest BCUT2D eigenvalue weighted by Gasteiger charge is -2.28. The fourth-order valence-electron chi connectivity index (χ4n) is 1.62. The zero-order chi connectivity index (χ0) is 14.1. The fraction of sp³-hybridized carbons (Fsp3) is 0.833. The van der Waals surface area contributed by atoms with Crippen LogP contribution in [0.1, 0.15) is 33.1 Å². The maximum atomic E-state index is 11.7. The van der Waals surface area contributed by atoms with Gasteiger partial charge in [-0.15, -0.1) is 0 Å². The van der Waals surface area contributed by atoms with E-state index >= 15 is 0 Å². The van der Waals surface area contributed by atoms with Crippen molar-refractivity contribution in [3.63, 3.8) is 0 Å². The van der Waals surface area contributed by atoms with Crippen molar-refractivity contribution < 1.29 is 19.8 Å². The van der Waals surface area contributed by atoms with Crippen molar-refractivity contribution in [2.75, 3.05) is 20.2 Å². The van der Waals surface area contributed by atoms with Crippen LogP contribution in [0.2, 0.25) is 0 Å². The molecule has 0 saturated carbocycles. The highest BCUT2D eigenvalue weighted by molar-refractivity contribution is 5.74. The van der Waals surface area contributed by atoms with Gasteiger partial charge in [-0.05, 0) is 18.8 Å². The summed E-state index contributed by atoms with van der Waals surface area (Å²) in [5.74, 6) is -0.477. The summed E-state index contributed by atoms with van der Waals surface area (Å²) in [6, 6.07) is -0.482. The predicted molar refractivity (Wildman–Crippen MR) is 68.4 cm³/mol. The molecular formula is C12H24N2O4. The third kappa shape index (κ3) is 7.11. The van der Waals surface area contributed by atoms with Gasteiger partial charge in [0.15, 0.2) is 0 Å². The van der Waals surface area contributed by atoms with Crippen LogP contribution in [-0.2, 0) is 4.79 Å². The first-order valence-electron chi connectivity index (χ1n) is 6.21. The predicted octanol–water partition coefficient (Wildman–Crippen LogP) is 0.900. The van der Waals surface area contributed by atoms with E-state index in [1.165, 1.54) is 4.90 Å². The molecule has 0 aromatic heterocycles. The molecule has 0 heterocycles. The number of urea groups is 1. The number of carbonyl (C=O) groups is 2. The Labute approximate surface area is 108 Å². The second-order valence-electron chi connectivity index (χ2n) is 4.81. The van der Waals surface area contributed by atoms with Crippen molar-refractivity contribution in [3.8, 4) is 0 Å². The van der Waals surface area contributed by atoms with Crippen molar-refractivity contribution in [2.24, 2.45) is 5.92 Å². The summed E-state index contributed by atoms with van der Waals surface area (Å²) in [7, 11) is 1.63. The average Bonchev–Trinajstić information content (AvgIpc) is 2.29. The van der Waals surface area contributed by atoms with E-state index in [1.54, 1.807) is 7.05 Å². The molecule has 2 amide bonds. The topological polar surface area (TPSA) is 89.9 Å². The molecule has 0 spiro atoms. The summed E-state index contributed by atoms with van der Waals surface area (Å²) in [5.41, 5.74) is 0. The molecule has 1 unspecified atom stereocenters. The van der Waals surface area contributed by atoms with Crippen molar-refractivity contribution in [1.82, 2.24) is 10.2 Å². The molecule has 0 aromatic carbocycles. The minimum absolute atomic E-state index is 0.0411. The van der Waals surface area contributed by atoms with E-state index < -0.39 is 5.97 Å². The van der Waals surface area contributed by atoms with Gasteiger partial charge in [-0.3, -0.25) is 4.79 Å². The van der Waals surface area contributed by atoms with E-state index in [4.69, 9.17) is 5.11 Å². The minimum atomic E-state index is -0.870. The number of nitrogens with one attached hydrogen (secondary N) is 1. The Morgan fingerprint density at radius 3 is 2.39 bits per heavy atom. The number of likely N-dealkylation sites (N-methyl/N-ethyl adjacent to an activating group) is 1. The van der Waals surface area contributed by atoms with Crippen molar-refractivity contribution in [2.45, 2.75) is 39.2 Å². The molecule has 0 aliphatic rings. The summed E-state index contributed by atoms with van der Waals surface area (Å²) < 4.78 is 0. The molecule has 0 radical (unpaired) electrons. The van der Waals surface area contributed by atoms with Crippen molar-refractivity contribution >= 4 is 12.0 Å². The number of nitrogens with zero attached hydrogens (tertiary/aromatic N) is 1.